The third-order valence-corrected chi connectivity index (χ3v) is 4.71. The van der Waals surface area contributed by atoms with Crippen molar-refractivity contribution in [3.63, 3.8) is 0 Å². The summed E-state index contributed by atoms with van der Waals surface area (Å²) in [7, 11) is 5.64. The Balaban J connectivity index is 1.78. The molecule has 1 aliphatic heterocycles. The number of carbonyl (C=O) groups excluding carboxylic acids is 2. The number of anilines is 1. The average molecular weight is 367 g/mol. The number of aromatic nitrogens is 2. The van der Waals surface area contributed by atoms with Crippen molar-refractivity contribution in [3.8, 4) is 11.4 Å². The van der Waals surface area contributed by atoms with Crippen LogP contribution >= 0.6 is 0 Å². The predicted octanol–water partition coefficient (Wildman–Crippen LogP) is 1.87. The zero-order valence-corrected chi connectivity index (χ0v) is 16.2. The van der Waals surface area contributed by atoms with Gasteiger partial charge in [-0.3, -0.25) is 9.59 Å². The largest absolute Gasteiger partial charge is 0.362 e. The van der Waals surface area contributed by atoms with Crippen molar-refractivity contribution in [2.45, 2.75) is 25.8 Å². The smallest absolute Gasteiger partial charge is 0.251 e. The normalized spacial score (nSPS) is 17.0. The van der Waals surface area contributed by atoms with Crippen LogP contribution in [0.4, 0.5) is 5.82 Å². The molecule has 3 rings (SSSR count). The van der Waals surface area contributed by atoms with Crippen molar-refractivity contribution in [2.24, 2.45) is 0 Å². The lowest BCUT2D eigenvalue weighted by atomic mass is 10.0. The van der Waals surface area contributed by atoms with Gasteiger partial charge in [-0.15, -0.1) is 0 Å². The molecule has 0 spiro atoms. The van der Waals surface area contributed by atoms with Gasteiger partial charge < -0.3 is 15.1 Å². The molecule has 0 radical (unpaired) electrons. The monoisotopic (exact) mass is 367 g/mol. The third kappa shape index (κ3) is 4.24. The van der Waals surface area contributed by atoms with E-state index in [0.29, 0.717) is 30.8 Å². The average Bonchev–Trinajstić information content (AvgIpc) is 2.65. The highest BCUT2D eigenvalue weighted by Gasteiger charge is 2.24. The molecular weight excluding hydrogens is 342 g/mol. The van der Waals surface area contributed by atoms with Gasteiger partial charge in [-0.2, -0.15) is 0 Å². The number of nitrogens with zero attached hydrogens (tertiary/aromatic N) is 4. The van der Waals surface area contributed by atoms with Crippen LogP contribution in [-0.2, 0) is 4.79 Å². The fraction of sp³-hybridized carbons (Fsp3) is 0.400. The number of aryl methyl sites for hydroxylation is 1. The predicted molar refractivity (Wildman–Crippen MR) is 105 cm³/mol. The maximum absolute atomic E-state index is 12.7. The maximum Gasteiger partial charge on any atom is 0.251 e. The molecule has 2 aromatic rings. The molecule has 1 unspecified atom stereocenters. The second-order valence-corrected chi connectivity index (χ2v) is 7.16. The molecule has 1 aromatic carbocycles. The van der Waals surface area contributed by atoms with E-state index in [1.807, 2.05) is 38.1 Å². The Morgan fingerprint density at radius 2 is 2.11 bits per heavy atom. The first-order valence-corrected chi connectivity index (χ1v) is 9.01. The van der Waals surface area contributed by atoms with Crippen LogP contribution in [0.25, 0.3) is 11.4 Å². The number of hydrogen-bond acceptors (Lipinski definition) is 5. The fourth-order valence-corrected chi connectivity index (χ4v) is 3.22. The van der Waals surface area contributed by atoms with E-state index in [-0.39, 0.29) is 17.9 Å². The summed E-state index contributed by atoms with van der Waals surface area (Å²) in [5.74, 6) is 1.41. The highest BCUT2D eigenvalue weighted by Crippen LogP contribution is 2.21. The Morgan fingerprint density at radius 1 is 1.33 bits per heavy atom. The molecule has 0 aliphatic carbocycles. The highest BCUT2D eigenvalue weighted by molar-refractivity contribution is 5.95. The molecule has 7 heteroatoms. The van der Waals surface area contributed by atoms with E-state index in [0.717, 1.165) is 16.9 Å². The van der Waals surface area contributed by atoms with Gasteiger partial charge in [0.1, 0.15) is 5.82 Å². The Kier molecular flexibility index (Phi) is 5.39. The number of likely N-dealkylation sites (N-methyl/N-ethyl adjacent to an activating group) is 1. The molecule has 2 heterocycles. The first kappa shape index (κ1) is 18.8. The minimum atomic E-state index is -0.149. The number of hydrogen-bond donors (Lipinski definition) is 1. The van der Waals surface area contributed by atoms with Gasteiger partial charge in [-0.05, 0) is 25.5 Å². The van der Waals surface area contributed by atoms with Crippen LogP contribution in [0.1, 0.15) is 28.8 Å². The molecule has 7 nitrogen and oxygen atoms in total. The van der Waals surface area contributed by atoms with E-state index < -0.39 is 0 Å². The first-order valence-electron chi connectivity index (χ1n) is 9.01. The SMILES string of the molecule is Cc1cnc(-c2cccc(C(=O)NC3CCC(=O)N(C)C3)c2)nc1N(C)C. The lowest BCUT2D eigenvalue weighted by Gasteiger charge is -2.30. The van der Waals surface area contributed by atoms with Crippen LogP contribution in [0.15, 0.2) is 30.5 Å². The molecule has 142 valence electrons. The Labute approximate surface area is 159 Å². The van der Waals surface area contributed by atoms with Crippen LogP contribution in [0, 0.1) is 6.92 Å². The van der Waals surface area contributed by atoms with Crippen molar-refractivity contribution < 1.29 is 9.59 Å². The van der Waals surface area contributed by atoms with Gasteiger partial charge in [-0.25, -0.2) is 9.97 Å². The number of nitrogens with one attached hydrogen (secondary N) is 1. The molecule has 1 fully saturated rings. The number of benzene rings is 1. The Hall–Kier alpha value is -2.96. The van der Waals surface area contributed by atoms with Crippen LogP contribution in [0.2, 0.25) is 0 Å². The van der Waals surface area contributed by atoms with Crippen molar-refractivity contribution in [1.29, 1.82) is 0 Å². The van der Waals surface area contributed by atoms with Crippen molar-refractivity contribution in [1.82, 2.24) is 20.2 Å². The van der Waals surface area contributed by atoms with Crippen molar-refractivity contribution >= 4 is 17.6 Å². The van der Waals surface area contributed by atoms with Gasteiger partial charge in [0, 0.05) is 63.0 Å². The van der Waals surface area contributed by atoms with Gasteiger partial charge in [-0.1, -0.05) is 12.1 Å². The van der Waals surface area contributed by atoms with Gasteiger partial charge >= 0.3 is 0 Å². The summed E-state index contributed by atoms with van der Waals surface area (Å²) in [6.45, 7) is 2.51. The molecule has 1 atom stereocenters. The van der Waals surface area contributed by atoms with E-state index in [9.17, 15) is 9.59 Å². The molecule has 0 saturated carbocycles. The van der Waals surface area contributed by atoms with Crippen LogP contribution in [-0.4, -0.2) is 60.4 Å². The van der Waals surface area contributed by atoms with Crippen molar-refractivity contribution in [2.75, 3.05) is 32.6 Å². The molecule has 27 heavy (non-hydrogen) atoms. The molecule has 2 amide bonds. The number of rotatable bonds is 4. The fourth-order valence-electron chi connectivity index (χ4n) is 3.22. The number of likely N-dealkylation sites (tertiary alicyclic amines) is 1. The maximum atomic E-state index is 12.7. The van der Waals surface area contributed by atoms with Crippen LogP contribution < -0.4 is 10.2 Å². The summed E-state index contributed by atoms with van der Waals surface area (Å²) in [5, 5.41) is 3.02. The lowest BCUT2D eigenvalue weighted by Crippen LogP contribution is -2.48. The molecular formula is C20H25N5O2. The van der Waals surface area contributed by atoms with Gasteiger partial charge in [0.05, 0.1) is 0 Å². The van der Waals surface area contributed by atoms with Crippen LogP contribution in [0.3, 0.4) is 0 Å². The topological polar surface area (TPSA) is 78.4 Å². The number of piperidine rings is 1. The zero-order chi connectivity index (χ0) is 19.6. The zero-order valence-electron chi connectivity index (χ0n) is 16.2. The van der Waals surface area contributed by atoms with Crippen LogP contribution in [0.5, 0.6) is 0 Å². The van der Waals surface area contributed by atoms with Gasteiger partial charge in [0.25, 0.3) is 5.91 Å². The molecule has 0 bridgehead atoms. The summed E-state index contributed by atoms with van der Waals surface area (Å²) in [6, 6.07) is 7.28. The quantitative estimate of drug-likeness (QED) is 0.893. The number of amides is 2. The van der Waals surface area contributed by atoms with Gasteiger partial charge in [0.2, 0.25) is 5.91 Å². The minimum absolute atomic E-state index is 0.0279. The Bertz CT molecular complexity index is 865. The standard InChI is InChI=1S/C20H25N5O2/c1-13-11-21-18(23-19(13)24(2)3)14-6-5-7-15(10-14)20(27)22-16-8-9-17(26)25(4)12-16/h5-7,10-11,16H,8-9,12H2,1-4H3,(H,22,27). The molecule has 1 aromatic heterocycles. The molecule has 1 saturated heterocycles. The summed E-state index contributed by atoms with van der Waals surface area (Å²) in [4.78, 5) is 36.9. The van der Waals surface area contributed by atoms with E-state index in [1.165, 1.54) is 0 Å². The molecule has 1 N–H and O–H groups in total. The molecule has 1 aliphatic rings. The lowest BCUT2D eigenvalue weighted by molar-refractivity contribution is -0.132. The summed E-state index contributed by atoms with van der Waals surface area (Å²) in [6.07, 6.45) is 2.92. The van der Waals surface area contributed by atoms with Gasteiger partial charge in [0.15, 0.2) is 5.82 Å². The first-order chi connectivity index (χ1) is 12.8. The second-order valence-electron chi connectivity index (χ2n) is 7.16. The highest BCUT2D eigenvalue weighted by atomic mass is 16.2. The van der Waals surface area contributed by atoms with E-state index >= 15 is 0 Å². The van der Waals surface area contributed by atoms with Crippen molar-refractivity contribution in [3.05, 3.63) is 41.6 Å². The second kappa shape index (κ2) is 7.73. The summed E-state index contributed by atoms with van der Waals surface area (Å²) < 4.78 is 0. The van der Waals surface area contributed by atoms with E-state index in [1.54, 1.807) is 30.3 Å². The number of carbonyl (C=O) groups is 2. The van der Waals surface area contributed by atoms with E-state index in [2.05, 4.69) is 15.3 Å². The summed E-state index contributed by atoms with van der Waals surface area (Å²) >= 11 is 0. The van der Waals surface area contributed by atoms with E-state index in [4.69, 9.17) is 0 Å². The third-order valence-electron chi connectivity index (χ3n) is 4.71. The Morgan fingerprint density at radius 3 is 2.81 bits per heavy atom. The minimum Gasteiger partial charge on any atom is -0.362 e. The summed E-state index contributed by atoms with van der Waals surface area (Å²) in [5.41, 5.74) is 2.35.